The molecule has 1 aromatic carbocycles. The Balaban J connectivity index is 1.85. The van der Waals surface area contributed by atoms with Crippen LogP contribution >= 0.6 is 0 Å². The first kappa shape index (κ1) is 13.7. The third-order valence-corrected chi connectivity index (χ3v) is 4.35. The van der Waals surface area contributed by atoms with Gasteiger partial charge in [0, 0.05) is 40.5 Å². The molecule has 4 aromatic rings. The molecule has 0 aliphatic rings. The molecular formula is C18H18N4O. The van der Waals surface area contributed by atoms with E-state index in [0.29, 0.717) is 6.42 Å². The maximum absolute atomic E-state index is 12.3. The number of H-pyrrole nitrogens is 4. The predicted octanol–water partition coefficient (Wildman–Crippen LogP) is 3.39. The van der Waals surface area contributed by atoms with Crippen molar-refractivity contribution in [1.82, 2.24) is 20.2 Å². The van der Waals surface area contributed by atoms with E-state index in [1.165, 1.54) is 5.56 Å². The molecule has 0 aliphatic carbocycles. The average molecular weight is 306 g/mol. The molecule has 0 amide bonds. The van der Waals surface area contributed by atoms with Gasteiger partial charge in [-0.15, -0.1) is 0 Å². The zero-order valence-electron chi connectivity index (χ0n) is 13.1. The molecular weight excluding hydrogens is 288 g/mol. The van der Waals surface area contributed by atoms with E-state index in [2.05, 4.69) is 39.2 Å². The van der Waals surface area contributed by atoms with Gasteiger partial charge in [0.05, 0.1) is 11.3 Å². The van der Waals surface area contributed by atoms with E-state index in [4.69, 9.17) is 0 Å². The number of fused-ring (bicyclic) bond motifs is 1. The van der Waals surface area contributed by atoms with E-state index in [0.717, 1.165) is 39.1 Å². The summed E-state index contributed by atoms with van der Waals surface area (Å²) in [6, 6.07) is 10.2. The number of hydrogen-bond acceptors (Lipinski definition) is 1. The third kappa shape index (κ3) is 2.21. The van der Waals surface area contributed by atoms with E-state index in [9.17, 15) is 4.79 Å². The lowest BCUT2D eigenvalue weighted by Gasteiger charge is -2.02. The summed E-state index contributed by atoms with van der Waals surface area (Å²) in [7, 11) is 0. The molecule has 0 spiro atoms. The molecule has 5 nitrogen and oxygen atoms in total. The van der Waals surface area contributed by atoms with Gasteiger partial charge in [-0.25, -0.2) is 0 Å². The molecule has 0 fully saturated rings. The highest BCUT2D eigenvalue weighted by Crippen LogP contribution is 2.29. The fraction of sp³-hybridized carbons (Fsp3) is 0.167. The quantitative estimate of drug-likeness (QED) is 0.460. The second-order valence-corrected chi connectivity index (χ2v) is 5.97. The smallest absolute Gasteiger partial charge is 0.268 e. The summed E-state index contributed by atoms with van der Waals surface area (Å²) < 4.78 is 0. The minimum Gasteiger partial charge on any atom is -0.362 e. The molecule has 0 radical (unpaired) electrons. The van der Waals surface area contributed by atoms with Gasteiger partial charge in [-0.3, -0.25) is 15.0 Å². The van der Waals surface area contributed by atoms with E-state index in [-0.39, 0.29) is 5.56 Å². The van der Waals surface area contributed by atoms with E-state index >= 15 is 0 Å². The Morgan fingerprint density at radius 1 is 1.09 bits per heavy atom. The molecule has 0 saturated carbocycles. The summed E-state index contributed by atoms with van der Waals surface area (Å²) in [5, 5.41) is 6.87. The molecule has 116 valence electrons. The number of aromatic nitrogens is 4. The summed E-state index contributed by atoms with van der Waals surface area (Å²) in [5.41, 5.74) is 6.95. The molecule has 4 rings (SSSR count). The first-order valence-corrected chi connectivity index (χ1v) is 7.64. The van der Waals surface area contributed by atoms with Crippen LogP contribution in [0.25, 0.3) is 22.2 Å². The van der Waals surface area contributed by atoms with Crippen molar-refractivity contribution in [1.29, 1.82) is 0 Å². The van der Waals surface area contributed by atoms with Gasteiger partial charge in [-0.05, 0) is 31.5 Å². The highest BCUT2D eigenvalue weighted by atomic mass is 16.1. The Labute approximate surface area is 132 Å². The maximum Gasteiger partial charge on any atom is 0.268 e. The lowest BCUT2D eigenvalue weighted by Crippen LogP contribution is -2.07. The van der Waals surface area contributed by atoms with Gasteiger partial charge in [-0.1, -0.05) is 18.2 Å². The number of aromatic amines is 4. The second kappa shape index (κ2) is 5.05. The van der Waals surface area contributed by atoms with Crippen LogP contribution in [0.1, 0.15) is 22.5 Å². The molecule has 0 saturated heterocycles. The van der Waals surface area contributed by atoms with Crippen LogP contribution in [-0.2, 0) is 6.42 Å². The Bertz CT molecular complexity index is 1040. The minimum absolute atomic E-state index is 0.0723. The summed E-state index contributed by atoms with van der Waals surface area (Å²) in [6.07, 6.45) is 2.52. The minimum atomic E-state index is -0.0723. The largest absolute Gasteiger partial charge is 0.362 e. The standard InChI is InChI=1S/C18H18N4O/c1-10-7-11(2)20-16(10)8-13-17(21-22-18(13)23)14-9-19-15-6-4-3-5-12(14)15/h3-7,9,19-20H,8H2,1-2H3,(H2,21,22,23). The maximum atomic E-state index is 12.3. The monoisotopic (exact) mass is 306 g/mol. The molecule has 4 N–H and O–H groups in total. The number of hydrogen-bond donors (Lipinski definition) is 4. The first-order chi connectivity index (χ1) is 11.1. The molecule has 23 heavy (non-hydrogen) atoms. The van der Waals surface area contributed by atoms with Crippen molar-refractivity contribution in [2.75, 3.05) is 0 Å². The second-order valence-electron chi connectivity index (χ2n) is 5.97. The Morgan fingerprint density at radius 3 is 2.70 bits per heavy atom. The van der Waals surface area contributed by atoms with Gasteiger partial charge in [0.15, 0.2) is 0 Å². The van der Waals surface area contributed by atoms with Crippen LogP contribution in [0.5, 0.6) is 0 Å². The summed E-state index contributed by atoms with van der Waals surface area (Å²) >= 11 is 0. The molecule has 3 aromatic heterocycles. The number of nitrogens with one attached hydrogen (secondary N) is 4. The van der Waals surface area contributed by atoms with Crippen LogP contribution in [-0.4, -0.2) is 20.2 Å². The van der Waals surface area contributed by atoms with Crippen molar-refractivity contribution in [3.63, 3.8) is 0 Å². The zero-order valence-corrected chi connectivity index (χ0v) is 13.1. The molecule has 0 bridgehead atoms. The van der Waals surface area contributed by atoms with Gasteiger partial charge in [0.25, 0.3) is 5.56 Å². The van der Waals surface area contributed by atoms with Crippen LogP contribution in [0.2, 0.25) is 0 Å². The Hall–Kier alpha value is -2.95. The third-order valence-electron chi connectivity index (χ3n) is 4.35. The molecule has 3 heterocycles. The van der Waals surface area contributed by atoms with Crippen LogP contribution < -0.4 is 5.56 Å². The molecule has 0 unspecified atom stereocenters. The van der Waals surface area contributed by atoms with Crippen molar-refractivity contribution in [3.8, 4) is 11.3 Å². The molecule has 5 heteroatoms. The highest BCUT2D eigenvalue weighted by Gasteiger charge is 2.17. The Morgan fingerprint density at radius 2 is 1.91 bits per heavy atom. The lowest BCUT2D eigenvalue weighted by atomic mass is 10.0. The average Bonchev–Trinajstić information content (AvgIpc) is 3.19. The SMILES string of the molecule is Cc1cc(C)c(Cc2c(-c3c[nH]c4ccccc34)[nH][nH]c2=O)[nH]1. The van der Waals surface area contributed by atoms with E-state index in [1.807, 2.05) is 31.3 Å². The van der Waals surface area contributed by atoms with Crippen LogP contribution in [0.15, 0.2) is 41.3 Å². The highest BCUT2D eigenvalue weighted by molar-refractivity contribution is 5.95. The summed E-state index contributed by atoms with van der Waals surface area (Å²) in [6.45, 7) is 4.09. The number of rotatable bonds is 3. The summed E-state index contributed by atoms with van der Waals surface area (Å²) in [5.74, 6) is 0. The van der Waals surface area contributed by atoms with Crippen molar-refractivity contribution < 1.29 is 0 Å². The number of benzene rings is 1. The van der Waals surface area contributed by atoms with Crippen molar-refractivity contribution in [2.45, 2.75) is 20.3 Å². The fourth-order valence-electron chi connectivity index (χ4n) is 3.21. The van der Waals surface area contributed by atoms with Crippen LogP contribution in [0, 0.1) is 13.8 Å². The summed E-state index contributed by atoms with van der Waals surface area (Å²) in [4.78, 5) is 18.9. The molecule has 0 atom stereocenters. The predicted molar refractivity (Wildman–Crippen MR) is 91.8 cm³/mol. The van der Waals surface area contributed by atoms with Crippen LogP contribution in [0.3, 0.4) is 0 Å². The van der Waals surface area contributed by atoms with E-state index < -0.39 is 0 Å². The first-order valence-electron chi connectivity index (χ1n) is 7.64. The number of aryl methyl sites for hydroxylation is 2. The van der Waals surface area contributed by atoms with Crippen molar-refractivity contribution in [2.24, 2.45) is 0 Å². The van der Waals surface area contributed by atoms with Gasteiger partial charge in [-0.2, -0.15) is 0 Å². The lowest BCUT2D eigenvalue weighted by molar-refractivity contribution is 1.04. The van der Waals surface area contributed by atoms with Gasteiger partial charge < -0.3 is 9.97 Å². The van der Waals surface area contributed by atoms with E-state index in [1.54, 1.807) is 0 Å². The van der Waals surface area contributed by atoms with Crippen LogP contribution in [0.4, 0.5) is 0 Å². The topological polar surface area (TPSA) is 80.2 Å². The van der Waals surface area contributed by atoms with Gasteiger partial charge in [0.2, 0.25) is 0 Å². The Kier molecular flexibility index (Phi) is 3.01. The normalized spacial score (nSPS) is 11.4. The number of para-hydroxylation sites is 1. The van der Waals surface area contributed by atoms with Gasteiger partial charge in [0.1, 0.15) is 0 Å². The molecule has 0 aliphatic heterocycles. The van der Waals surface area contributed by atoms with Gasteiger partial charge >= 0.3 is 0 Å². The van der Waals surface area contributed by atoms with Crippen molar-refractivity contribution >= 4 is 10.9 Å². The zero-order chi connectivity index (χ0) is 16.0. The van der Waals surface area contributed by atoms with Crippen molar-refractivity contribution in [3.05, 3.63) is 69.4 Å². The fourth-order valence-corrected chi connectivity index (χ4v) is 3.21.